The van der Waals surface area contributed by atoms with Crippen LogP contribution in [0.4, 0.5) is 0 Å². The average molecular weight is 616 g/mol. The van der Waals surface area contributed by atoms with Crippen LogP contribution in [0.5, 0.6) is 0 Å². The highest BCUT2D eigenvalue weighted by molar-refractivity contribution is 7.13. The van der Waals surface area contributed by atoms with Gasteiger partial charge in [-0.15, -0.1) is 11.3 Å². The molecule has 2 heterocycles. The minimum atomic E-state index is -1.24. The lowest BCUT2D eigenvalue weighted by Gasteiger charge is -2.35. The monoisotopic (exact) mass is 615 g/mol. The van der Waals surface area contributed by atoms with Crippen molar-refractivity contribution < 1.29 is 34.2 Å². The summed E-state index contributed by atoms with van der Waals surface area (Å²) < 4.78 is 0. The van der Waals surface area contributed by atoms with Gasteiger partial charge in [-0.3, -0.25) is 24.0 Å². The topological polar surface area (TPSA) is 178 Å². The number of β-amino-alcohol motifs (C(OH)–C–C–N with tert-alkyl or cyclic N) is 1. The molecule has 1 aliphatic heterocycles. The van der Waals surface area contributed by atoms with Crippen LogP contribution in [0.25, 0.3) is 10.4 Å². The van der Waals surface area contributed by atoms with Gasteiger partial charge in [0.05, 0.1) is 28.2 Å². The Bertz CT molecular complexity index is 1320. The molecule has 0 unspecified atom stereocenters. The number of nitrogens with zero attached hydrogens (tertiary/aromatic N) is 2. The lowest BCUT2D eigenvalue weighted by molar-refractivity contribution is -0.144. The van der Waals surface area contributed by atoms with E-state index in [0.29, 0.717) is 0 Å². The fourth-order valence-electron chi connectivity index (χ4n) is 4.93. The summed E-state index contributed by atoms with van der Waals surface area (Å²) in [6.07, 6.45) is -1.21. The summed E-state index contributed by atoms with van der Waals surface area (Å²) in [6, 6.07) is 5.61. The predicted molar refractivity (Wildman–Crippen MR) is 161 cm³/mol. The SMILES string of the molecule is Cc1ncsc1-c1ccc([C@H](C)NC(=O)[C@@H]2C[C@@H](O)CN2C(=O)[C@@H](NC(=O)CCCNC(=O)CC(=O)O)C(C)(C)C)cc1. The molecule has 234 valence electrons. The third kappa shape index (κ3) is 9.32. The van der Waals surface area contributed by atoms with Crippen molar-refractivity contribution >= 4 is 40.9 Å². The number of aryl methyl sites for hydroxylation is 1. The number of aliphatic hydroxyl groups excluding tert-OH is 1. The third-order valence-electron chi connectivity index (χ3n) is 7.27. The molecule has 12 nitrogen and oxygen atoms in total. The van der Waals surface area contributed by atoms with Crippen LogP contribution in [0.2, 0.25) is 0 Å². The van der Waals surface area contributed by atoms with E-state index in [2.05, 4.69) is 20.9 Å². The molecule has 0 radical (unpaired) electrons. The minimum absolute atomic E-state index is 0.00137. The number of carboxylic acid groups (broad SMARTS) is 1. The van der Waals surface area contributed by atoms with Crippen LogP contribution in [0.3, 0.4) is 0 Å². The molecular formula is C30H41N5O7S. The first-order chi connectivity index (χ1) is 20.2. The van der Waals surface area contributed by atoms with E-state index in [9.17, 15) is 29.1 Å². The van der Waals surface area contributed by atoms with Crippen LogP contribution in [0.1, 0.15) is 70.7 Å². The van der Waals surface area contributed by atoms with Gasteiger partial charge in [0.1, 0.15) is 18.5 Å². The molecule has 1 aromatic carbocycles. The van der Waals surface area contributed by atoms with E-state index in [1.54, 1.807) is 37.6 Å². The highest BCUT2D eigenvalue weighted by Gasteiger charge is 2.44. The van der Waals surface area contributed by atoms with E-state index >= 15 is 0 Å². The number of aromatic nitrogens is 1. The number of hydrogen-bond donors (Lipinski definition) is 5. The predicted octanol–water partition coefficient (Wildman–Crippen LogP) is 2.16. The quantitative estimate of drug-likeness (QED) is 0.178. The van der Waals surface area contributed by atoms with Gasteiger partial charge in [-0.1, -0.05) is 45.0 Å². The Labute approximate surface area is 255 Å². The van der Waals surface area contributed by atoms with E-state index in [1.807, 2.05) is 38.1 Å². The zero-order chi connectivity index (χ0) is 31.9. The molecule has 5 N–H and O–H groups in total. The number of hydrogen-bond acceptors (Lipinski definition) is 8. The summed E-state index contributed by atoms with van der Waals surface area (Å²) in [5, 5.41) is 27.3. The van der Waals surface area contributed by atoms with Crippen molar-refractivity contribution in [1.29, 1.82) is 0 Å². The molecule has 0 spiro atoms. The number of rotatable bonds is 12. The summed E-state index contributed by atoms with van der Waals surface area (Å²) in [7, 11) is 0. The minimum Gasteiger partial charge on any atom is -0.481 e. The zero-order valence-electron chi connectivity index (χ0n) is 25.2. The Hall–Kier alpha value is -3.84. The Morgan fingerprint density at radius 1 is 1.09 bits per heavy atom. The number of thiazole rings is 1. The molecule has 1 aliphatic rings. The second-order valence-electron chi connectivity index (χ2n) is 11.9. The molecule has 1 saturated heterocycles. The summed E-state index contributed by atoms with van der Waals surface area (Å²) >= 11 is 1.56. The van der Waals surface area contributed by atoms with E-state index < -0.39 is 59.6 Å². The van der Waals surface area contributed by atoms with Crippen molar-refractivity contribution in [3.05, 3.63) is 41.0 Å². The van der Waals surface area contributed by atoms with Crippen molar-refractivity contribution in [3.63, 3.8) is 0 Å². The number of benzene rings is 1. The maximum atomic E-state index is 13.7. The molecule has 0 aliphatic carbocycles. The van der Waals surface area contributed by atoms with Gasteiger partial charge >= 0.3 is 5.97 Å². The van der Waals surface area contributed by atoms with Crippen molar-refractivity contribution in [2.75, 3.05) is 13.1 Å². The molecule has 2 aromatic rings. The van der Waals surface area contributed by atoms with Gasteiger partial charge in [0.2, 0.25) is 23.6 Å². The maximum absolute atomic E-state index is 13.7. The Balaban J connectivity index is 1.62. The fourth-order valence-corrected chi connectivity index (χ4v) is 5.74. The summed E-state index contributed by atoms with van der Waals surface area (Å²) in [4.78, 5) is 68.6. The number of carbonyl (C=O) groups is 5. The molecule has 43 heavy (non-hydrogen) atoms. The lowest BCUT2D eigenvalue weighted by atomic mass is 9.85. The molecular weight excluding hydrogens is 574 g/mol. The van der Waals surface area contributed by atoms with Crippen LogP contribution in [0, 0.1) is 12.3 Å². The summed E-state index contributed by atoms with van der Waals surface area (Å²) in [6.45, 7) is 9.27. The van der Waals surface area contributed by atoms with E-state index in [1.165, 1.54) is 4.90 Å². The number of carbonyl (C=O) groups excluding carboxylic acids is 4. The highest BCUT2D eigenvalue weighted by atomic mass is 32.1. The first-order valence-electron chi connectivity index (χ1n) is 14.2. The van der Waals surface area contributed by atoms with Gasteiger partial charge in [-0.05, 0) is 36.8 Å². The van der Waals surface area contributed by atoms with Crippen LogP contribution in [-0.4, -0.2) is 81.0 Å². The number of carboxylic acids is 1. The van der Waals surface area contributed by atoms with Crippen LogP contribution >= 0.6 is 11.3 Å². The average Bonchev–Trinajstić information content (AvgIpc) is 3.53. The molecule has 0 bridgehead atoms. The van der Waals surface area contributed by atoms with Crippen LogP contribution in [-0.2, 0) is 24.0 Å². The number of nitrogens with one attached hydrogen (secondary N) is 3. The Morgan fingerprint density at radius 3 is 2.35 bits per heavy atom. The van der Waals surface area contributed by atoms with Gasteiger partial charge in [-0.25, -0.2) is 4.98 Å². The number of likely N-dealkylation sites (tertiary alicyclic amines) is 1. The Morgan fingerprint density at radius 2 is 1.77 bits per heavy atom. The fraction of sp³-hybridized carbons (Fsp3) is 0.533. The largest absolute Gasteiger partial charge is 0.481 e. The molecule has 13 heteroatoms. The lowest BCUT2D eigenvalue weighted by Crippen LogP contribution is -2.57. The van der Waals surface area contributed by atoms with Crippen LogP contribution in [0.15, 0.2) is 29.8 Å². The normalized spacial score (nSPS) is 18.0. The molecule has 4 amide bonds. The molecule has 0 saturated carbocycles. The number of aliphatic carboxylic acids is 1. The second kappa shape index (κ2) is 14.6. The number of amides is 4. The summed E-state index contributed by atoms with van der Waals surface area (Å²) in [5.41, 5.74) is 3.97. The van der Waals surface area contributed by atoms with Crippen molar-refractivity contribution in [2.45, 2.75) is 84.5 Å². The first kappa shape index (κ1) is 33.7. The smallest absolute Gasteiger partial charge is 0.312 e. The number of aliphatic hydroxyl groups is 1. The molecule has 1 fully saturated rings. The maximum Gasteiger partial charge on any atom is 0.312 e. The molecule has 4 atom stereocenters. The standard InChI is InChI=1S/C30H41N5O7S/c1-17(19-8-10-20(11-9-19)26-18(2)32-16-43-26)33-28(41)22-13-21(36)15-35(22)29(42)27(30(3,4)5)34-23(37)7-6-12-31-24(38)14-25(39)40/h8-11,16-17,21-22,27,36H,6-7,12-15H2,1-5H3,(H,31,38)(H,33,41)(H,34,37)(H,39,40)/t17-,21+,22-,27+/m0/s1. The summed E-state index contributed by atoms with van der Waals surface area (Å²) in [5.74, 6) is -3.18. The Kier molecular flexibility index (Phi) is 11.4. The van der Waals surface area contributed by atoms with Crippen molar-refractivity contribution in [2.24, 2.45) is 5.41 Å². The van der Waals surface area contributed by atoms with E-state index in [4.69, 9.17) is 5.11 Å². The third-order valence-corrected chi connectivity index (χ3v) is 8.25. The van der Waals surface area contributed by atoms with Gasteiger partial charge in [0.25, 0.3) is 0 Å². The van der Waals surface area contributed by atoms with Crippen molar-refractivity contribution in [1.82, 2.24) is 25.8 Å². The van der Waals surface area contributed by atoms with Gasteiger partial charge < -0.3 is 31.1 Å². The molecule has 1 aromatic heterocycles. The van der Waals surface area contributed by atoms with E-state index in [-0.39, 0.29) is 38.4 Å². The first-order valence-corrected chi connectivity index (χ1v) is 15.1. The van der Waals surface area contributed by atoms with Gasteiger partial charge in [0.15, 0.2) is 0 Å². The zero-order valence-corrected chi connectivity index (χ0v) is 26.0. The van der Waals surface area contributed by atoms with Crippen LogP contribution < -0.4 is 16.0 Å². The van der Waals surface area contributed by atoms with Crippen molar-refractivity contribution in [3.8, 4) is 10.4 Å². The molecule has 3 rings (SSSR count). The highest BCUT2D eigenvalue weighted by Crippen LogP contribution is 2.29. The second-order valence-corrected chi connectivity index (χ2v) is 12.8. The van der Waals surface area contributed by atoms with Gasteiger partial charge in [0, 0.05) is 25.9 Å². The van der Waals surface area contributed by atoms with Gasteiger partial charge in [-0.2, -0.15) is 0 Å². The van der Waals surface area contributed by atoms with E-state index in [0.717, 1.165) is 21.7 Å².